The molecular formula is C49H86N4O2+4. The Labute approximate surface area is 339 Å². The highest BCUT2D eigenvalue weighted by Gasteiger charge is 2.34. The van der Waals surface area contributed by atoms with Crippen LogP contribution in [0.5, 0.6) is 0 Å². The summed E-state index contributed by atoms with van der Waals surface area (Å²) in [6.45, 7) is 21.7. The summed E-state index contributed by atoms with van der Waals surface area (Å²) in [4.78, 5) is 13.6. The first-order valence-corrected chi connectivity index (χ1v) is 22.7. The van der Waals surface area contributed by atoms with Gasteiger partial charge in [0.25, 0.3) is 0 Å². The van der Waals surface area contributed by atoms with Crippen molar-refractivity contribution in [2.24, 2.45) is 29.6 Å². The molecule has 1 unspecified atom stereocenters. The monoisotopic (exact) mass is 763 g/mol. The first-order chi connectivity index (χ1) is 26.1. The van der Waals surface area contributed by atoms with E-state index in [9.17, 15) is 4.79 Å². The number of nitrogens with one attached hydrogen (secondary N) is 1. The largest absolute Gasteiger partial charge is 0.459 e. The lowest BCUT2D eigenvalue weighted by atomic mass is 9.82. The van der Waals surface area contributed by atoms with Crippen molar-refractivity contribution in [3.05, 3.63) is 71.3 Å². The lowest BCUT2D eigenvalue weighted by Crippen LogP contribution is -3.11. The van der Waals surface area contributed by atoms with Gasteiger partial charge in [0.1, 0.15) is 19.7 Å². The Morgan fingerprint density at radius 3 is 1.51 bits per heavy atom. The smallest absolute Gasteiger partial charge is 0.308 e. The van der Waals surface area contributed by atoms with Gasteiger partial charge in [0.2, 0.25) is 0 Å². The molecule has 1 atom stereocenters. The second-order valence-electron chi connectivity index (χ2n) is 20.3. The van der Waals surface area contributed by atoms with Crippen LogP contribution >= 0.6 is 0 Å². The molecule has 2 aromatic rings. The third-order valence-corrected chi connectivity index (χ3v) is 14.3. The number of benzene rings is 2. The summed E-state index contributed by atoms with van der Waals surface area (Å²) in [6.07, 6.45) is 15.2. The van der Waals surface area contributed by atoms with Gasteiger partial charge in [0.05, 0.1) is 93.5 Å². The van der Waals surface area contributed by atoms with Gasteiger partial charge in [0.15, 0.2) is 0 Å². The van der Waals surface area contributed by atoms with Crippen molar-refractivity contribution < 1.29 is 27.9 Å². The van der Waals surface area contributed by atoms with Crippen molar-refractivity contribution in [2.75, 3.05) is 101 Å². The van der Waals surface area contributed by atoms with Crippen LogP contribution in [0.25, 0.3) is 0 Å². The van der Waals surface area contributed by atoms with Crippen LogP contribution < -0.4 is 4.90 Å². The highest BCUT2D eigenvalue weighted by Crippen LogP contribution is 2.33. The minimum absolute atomic E-state index is 0.0254. The fourth-order valence-corrected chi connectivity index (χ4v) is 9.45. The Morgan fingerprint density at radius 1 is 0.655 bits per heavy atom. The molecular weight excluding hydrogens is 677 g/mol. The number of aryl methyl sites for hydroxylation is 2. The van der Waals surface area contributed by atoms with Crippen LogP contribution in [0.1, 0.15) is 101 Å². The van der Waals surface area contributed by atoms with Gasteiger partial charge in [-0.1, -0.05) is 79.6 Å². The molecule has 55 heavy (non-hydrogen) atoms. The van der Waals surface area contributed by atoms with E-state index in [1.54, 1.807) is 4.90 Å². The molecule has 6 rings (SSSR count). The van der Waals surface area contributed by atoms with Crippen LogP contribution in [0, 0.1) is 43.4 Å². The molecule has 2 aromatic carbocycles. The number of esters is 1. The van der Waals surface area contributed by atoms with E-state index in [2.05, 4.69) is 104 Å². The Morgan fingerprint density at radius 2 is 1.07 bits per heavy atom. The van der Waals surface area contributed by atoms with Gasteiger partial charge < -0.3 is 23.1 Å². The highest BCUT2D eigenvalue weighted by atomic mass is 16.5. The van der Waals surface area contributed by atoms with Crippen LogP contribution in [0.3, 0.4) is 0 Å². The average Bonchev–Trinajstić information content (AvgIpc) is 3.17. The van der Waals surface area contributed by atoms with Gasteiger partial charge in [-0.15, -0.1) is 0 Å². The third kappa shape index (κ3) is 17.0. The highest BCUT2D eigenvalue weighted by molar-refractivity contribution is 5.71. The van der Waals surface area contributed by atoms with Crippen molar-refractivity contribution >= 4 is 5.97 Å². The molecule has 0 amide bonds. The molecule has 4 fully saturated rings. The summed E-state index contributed by atoms with van der Waals surface area (Å²) in [5, 5.41) is 0. The third-order valence-electron chi connectivity index (χ3n) is 14.3. The Kier molecular flexibility index (Phi) is 18.2. The molecule has 0 spiro atoms. The minimum Gasteiger partial charge on any atom is -0.459 e. The van der Waals surface area contributed by atoms with E-state index in [0.29, 0.717) is 6.61 Å². The molecule has 0 bridgehead atoms. The second-order valence-corrected chi connectivity index (χ2v) is 20.3. The molecule has 6 heteroatoms. The predicted molar refractivity (Wildman–Crippen MR) is 232 cm³/mol. The molecule has 4 saturated heterocycles. The van der Waals surface area contributed by atoms with Crippen LogP contribution in [0.2, 0.25) is 0 Å². The number of piperidine rings is 4. The molecule has 0 radical (unpaired) electrons. The summed E-state index contributed by atoms with van der Waals surface area (Å²) < 4.78 is 9.02. The first-order valence-electron chi connectivity index (χ1n) is 22.7. The van der Waals surface area contributed by atoms with Crippen molar-refractivity contribution in [3.8, 4) is 0 Å². The normalized spacial score (nSPS) is 27.4. The van der Waals surface area contributed by atoms with Crippen molar-refractivity contribution in [2.45, 2.75) is 105 Å². The number of carbonyl (C=O) groups is 1. The van der Waals surface area contributed by atoms with Gasteiger partial charge in [-0.3, -0.25) is 4.79 Å². The Hall–Kier alpha value is -2.25. The van der Waals surface area contributed by atoms with E-state index < -0.39 is 0 Å². The second kappa shape index (κ2) is 22.0. The number of likely N-dealkylation sites (tertiary alicyclic amines) is 4. The van der Waals surface area contributed by atoms with Gasteiger partial charge in [-0.05, 0) is 108 Å². The summed E-state index contributed by atoms with van der Waals surface area (Å²) in [6, 6.07) is 19.5. The lowest BCUT2D eigenvalue weighted by Gasteiger charge is -2.42. The SMILES string of the molecule is CCC(C)C(=O)OCC[N+]1(C)CCC(CC2CC[N+](C)(C)CC2)CC1.C[N+]1(C)CCC(CC2CC[NH+](Cc3ccccc3)CC2)CC1.Cc1ccc(C)cc1. The van der Waals surface area contributed by atoms with E-state index in [0.717, 1.165) is 41.1 Å². The van der Waals surface area contributed by atoms with Gasteiger partial charge >= 0.3 is 5.97 Å². The maximum Gasteiger partial charge on any atom is 0.308 e. The first kappa shape index (κ1) is 45.5. The molecule has 4 heterocycles. The molecule has 6 nitrogen and oxygen atoms in total. The summed E-state index contributed by atoms with van der Waals surface area (Å²) in [7, 11) is 11.9. The summed E-state index contributed by atoms with van der Waals surface area (Å²) in [5.41, 5.74) is 4.16. The zero-order valence-corrected chi connectivity index (χ0v) is 37.3. The predicted octanol–water partition coefficient (Wildman–Crippen LogP) is 7.97. The van der Waals surface area contributed by atoms with Crippen LogP contribution in [0.4, 0.5) is 0 Å². The van der Waals surface area contributed by atoms with Crippen LogP contribution in [0.15, 0.2) is 54.6 Å². The standard InChI is InChI=1S/C21H42N2O2.C20H33N2.C8H10/c1-6-18(2)21(24)25-16-15-23(5)13-9-20(10-14-23)17-19-7-11-22(3,4)12-8-19;1-22(2)14-10-19(11-15-22)16-18-8-12-21(13-9-18)17-20-6-4-3-5-7-20;1-7-3-5-8(2)6-4-7/h18-20H,6-17H2,1-5H3;3-7,18-19H,8-17H2,1-2H3;3-6H,1-2H3/q+2;+1;/p+1. The maximum atomic E-state index is 11.8. The van der Waals surface area contributed by atoms with Crippen LogP contribution in [-0.4, -0.2) is 120 Å². The minimum atomic E-state index is -0.0254. The lowest BCUT2D eigenvalue weighted by molar-refractivity contribution is -0.919. The van der Waals surface area contributed by atoms with Crippen LogP contribution in [-0.2, 0) is 16.1 Å². The van der Waals surface area contributed by atoms with Gasteiger partial charge in [-0.25, -0.2) is 0 Å². The van der Waals surface area contributed by atoms with E-state index in [1.165, 1.54) is 149 Å². The number of quaternary nitrogens is 4. The molecule has 4 aliphatic heterocycles. The maximum absolute atomic E-state index is 11.8. The Bertz CT molecular complexity index is 1320. The van der Waals surface area contributed by atoms with E-state index >= 15 is 0 Å². The van der Waals surface area contributed by atoms with Crippen molar-refractivity contribution in [1.29, 1.82) is 0 Å². The fourth-order valence-electron chi connectivity index (χ4n) is 9.45. The molecule has 0 aliphatic carbocycles. The topological polar surface area (TPSA) is 30.7 Å². The van der Waals surface area contributed by atoms with E-state index in [4.69, 9.17) is 4.74 Å². The summed E-state index contributed by atoms with van der Waals surface area (Å²) >= 11 is 0. The van der Waals surface area contributed by atoms with Gasteiger partial charge in [0, 0.05) is 5.56 Å². The zero-order valence-electron chi connectivity index (χ0n) is 37.3. The molecule has 0 saturated carbocycles. The number of ether oxygens (including phenoxy) is 1. The van der Waals surface area contributed by atoms with Crippen molar-refractivity contribution in [1.82, 2.24) is 0 Å². The number of rotatable bonds is 11. The van der Waals surface area contributed by atoms with E-state index in [-0.39, 0.29) is 11.9 Å². The number of hydrogen-bond acceptors (Lipinski definition) is 2. The number of nitrogens with zero attached hydrogens (tertiary/aromatic N) is 3. The zero-order chi connectivity index (χ0) is 39.9. The molecule has 0 aromatic heterocycles. The molecule has 4 aliphatic rings. The quantitative estimate of drug-likeness (QED) is 0.186. The number of carbonyl (C=O) groups excluding carboxylic acids is 1. The van der Waals surface area contributed by atoms with Gasteiger partial charge in [-0.2, -0.15) is 0 Å². The molecule has 1 N–H and O–H groups in total. The fraction of sp³-hybridized carbons (Fsp3) is 0.735. The molecule has 310 valence electrons. The Balaban J connectivity index is 0.000000205. The summed E-state index contributed by atoms with van der Waals surface area (Å²) in [5.74, 6) is 3.93. The van der Waals surface area contributed by atoms with E-state index in [1.807, 2.05) is 13.8 Å². The number of likely N-dealkylation sites (N-methyl/N-ethyl adjacent to an activating group) is 1. The average molecular weight is 763 g/mol. The number of hydrogen-bond donors (Lipinski definition) is 1. The van der Waals surface area contributed by atoms with Crippen molar-refractivity contribution in [3.63, 3.8) is 0 Å².